The number of carbonyl (C=O) groups is 1. The molecule has 1 saturated heterocycles. The van der Waals surface area contributed by atoms with Gasteiger partial charge in [-0.25, -0.2) is 4.39 Å². The van der Waals surface area contributed by atoms with E-state index in [0.29, 0.717) is 26.2 Å². The molecule has 0 bridgehead atoms. The van der Waals surface area contributed by atoms with Gasteiger partial charge in [0.1, 0.15) is 5.82 Å². The molecule has 0 aromatic heterocycles. The Labute approximate surface area is 141 Å². The van der Waals surface area contributed by atoms with Crippen LogP contribution in [-0.4, -0.2) is 44.1 Å². The van der Waals surface area contributed by atoms with E-state index in [0.717, 1.165) is 11.3 Å². The first-order chi connectivity index (χ1) is 11.6. The van der Waals surface area contributed by atoms with Gasteiger partial charge >= 0.3 is 0 Å². The number of nitrogens with zero attached hydrogens (tertiary/aromatic N) is 2. The number of likely N-dealkylation sites (N-methyl/N-ethyl adjacent to an activating group) is 1. The molecule has 0 spiro atoms. The van der Waals surface area contributed by atoms with Crippen LogP contribution in [0.25, 0.3) is 0 Å². The van der Waals surface area contributed by atoms with Gasteiger partial charge in [0.25, 0.3) is 0 Å². The Morgan fingerprint density at radius 3 is 2.79 bits per heavy atom. The number of amides is 1. The van der Waals surface area contributed by atoms with Gasteiger partial charge in [-0.2, -0.15) is 0 Å². The van der Waals surface area contributed by atoms with Crippen LogP contribution in [-0.2, 0) is 9.53 Å². The Morgan fingerprint density at radius 2 is 2.04 bits per heavy atom. The fraction of sp³-hybridized carbons (Fsp3) is 0.316. The molecule has 1 atom stereocenters. The minimum absolute atomic E-state index is 0.0288. The summed E-state index contributed by atoms with van der Waals surface area (Å²) < 4.78 is 19.1. The smallest absolute Gasteiger partial charge is 0.240 e. The fourth-order valence-corrected chi connectivity index (χ4v) is 2.85. The highest BCUT2D eigenvalue weighted by atomic mass is 19.1. The van der Waals surface area contributed by atoms with Gasteiger partial charge in [-0.3, -0.25) is 9.69 Å². The zero-order valence-corrected chi connectivity index (χ0v) is 13.7. The molecule has 0 saturated carbocycles. The molecule has 1 aliphatic heterocycles. The lowest BCUT2D eigenvalue weighted by atomic mass is 10.1. The highest BCUT2D eigenvalue weighted by Crippen LogP contribution is 2.23. The number of morpholine rings is 1. The average Bonchev–Trinajstić information content (AvgIpc) is 2.62. The number of hydrogen-bond acceptors (Lipinski definition) is 3. The maximum atomic E-state index is 13.4. The number of carbonyl (C=O) groups excluding carboxylic acids is 1. The second-order valence-corrected chi connectivity index (χ2v) is 5.94. The zero-order chi connectivity index (χ0) is 16.9. The Bertz CT molecular complexity index is 693. The van der Waals surface area contributed by atoms with Crippen molar-refractivity contribution < 1.29 is 13.9 Å². The maximum Gasteiger partial charge on any atom is 0.240 e. The van der Waals surface area contributed by atoms with Crippen LogP contribution < -0.4 is 4.90 Å². The molecule has 4 nitrogen and oxygen atoms in total. The molecule has 126 valence electrons. The van der Waals surface area contributed by atoms with E-state index in [4.69, 9.17) is 4.74 Å². The largest absolute Gasteiger partial charge is 0.371 e. The Balaban J connectivity index is 1.62. The minimum atomic E-state index is -0.270. The molecule has 1 unspecified atom stereocenters. The summed E-state index contributed by atoms with van der Waals surface area (Å²) in [5.74, 6) is -0.241. The summed E-state index contributed by atoms with van der Waals surface area (Å²) in [6, 6.07) is 16.0. The van der Waals surface area contributed by atoms with Crippen LogP contribution in [0.4, 0.5) is 10.1 Å². The van der Waals surface area contributed by atoms with Crippen LogP contribution in [0.1, 0.15) is 11.7 Å². The summed E-state index contributed by atoms with van der Waals surface area (Å²) >= 11 is 0. The molecule has 2 aromatic rings. The molecular formula is C19H21FN2O2. The first kappa shape index (κ1) is 16.6. The molecule has 1 amide bonds. The second kappa shape index (κ2) is 7.55. The van der Waals surface area contributed by atoms with E-state index >= 15 is 0 Å². The second-order valence-electron chi connectivity index (χ2n) is 5.94. The van der Waals surface area contributed by atoms with Crippen molar-refractivity contribution in [1.82, 2.24) is 4.90 Å². The third-order valence-electron chi connectivity index (χ3n) is 4.25. The van der Waals surface area contributed by atoms with Gasteiger partial charge in [-0.05, 0) is 29.8 Å². The predicted octanol–water partition coefficient (Wildman–Crippen LogP) is 2.86. The number of rotatable bonds is 4. The molecule has 3 rings (SSSR count). The monoisotopic (exact) mass is 328 g/mol. The molecule has 0 radical (unpaired) electrons. The number of para-hydroxylation sites is 1. The molecule has 0 aliphatic carbocycles. The molecule has 1 aliphatic rings. The zero-order valence-electron chi connectivity index (χ0n) is 13.7. The van der Waals surface area contributed by atoms with Gasteiger partial charge in [0.2, 0.25) is 5.91 Å². The average molecular weight is 328 g/mol. The van der Waals surface area contributed by atoms with Gasteiger partial charge in [0.15, 0.2) is 0 Å². The van der Waals surface area contributed by atoms with Crippen molar-refractivity contribution in [1.29, 1.82) is 0 Å². The molecule has 0 N–H and O–H groups in total. The van der Waals surface area contributed by atoms with Gasteiger partial charge in [-0.1, -0.05) is 30.3 Å². The Kier molecular flexibility index (Phi) is 5.23. The van der Waals surface area contributed by atoms with Crippen molar-refractivity contribution in [3.8, 4) is 0 Å². The summed E-state index contributed by atoms with van der Waals surface area (Å²) in [6.45, 7) is 2.13. The highest BCUT2D eigenvalue weighted by Gasteiger charge is 2.25. The van der Waals surface area contributed by atoms with Crippen molar-refractivity contribution in [2.24, 2.45) is 0 Å². The highest BCUT2D eigenvalue weighted by molar-refractivity contribution is 5.94. The summed E-state index contributed by atoms with van der Waals surface area (Å²) in [4.78, 5) is 16.2. The maximum absolute atomic E-state index is 13.4. The first-order valence-electron chi connectivity index (χ1n) is 8.04. The molecular weight excluding hydrogens is 307 g/mol. The van der Waals surface area contributed by atoms with Crippen molar-refractivity contribution in [2.75, 3.05) is 38.2 Å². The number of benzene rings is 2. The normalized spacial score (nSPS) is 18.3. The number of anilines is 1. The van der Waals surface area contributed by atoms with E-state index in [9.17, 15) is 9.18 Å². The molecule has 1 fully saturated rings. The van der Waals surface area contributed by atoms with Gasteiger partial charge in [0, 0.05) is 25.8 Å². The van der Waals surface area contributed by atoms with Crippen LogP contribution in [0.5, 0.6) is 0 Å². The Morgan fingerprint density at radius 1 is 1.25 bits per heavy atom. The van der Waals surface area contributed by atoms with Crippen LogP contribution in [0.3, 0.4) is 0 Å². The minimum Gasteiger partial charge on any atom is -0.371 e. The summed E-state index contributed by atoms with van der Waals surface area (Å²) in [6.07, 6.45) is -0.204. The van der Waals surface area contributed by atoms with E-state index in [1.807, 2.05) is 36.4 Å². The quantitative estimate of drug-likeness (QED) is 0.865. The summed E-state index contributed by atoms with van der Waals surface area (Å²) in [7, 11) is 1.78. The van der Waals surface area contributed by atoms with Crippen LogP contribution in [0.15, 0.2) is 54.6 Å². The lowest BCUT2D eigenvalue weighted by molar-refractivity contribution is -0.121. The predicted molar refractivity (Wildman–Crippen MR) is 91.4 cm³/mol. The van der Waals surface area contributed by atoms with Crippen molar-refractivity contribution in [2.45, 2.75) is 6.10 Å². The van der Waals surface area contributed by atoms with Crippen LogP contribution in [0.2, 0.25) is 0 Å². The van der Waals surface area contributed by atoms with E-state index in [2.05, 4.69) is 4.90 Å². The Hall–Kier alpha value is -2.24. The number of ether oxygens (including phenoxy) is 1. The molecule has 2 aromatic carbocycles. The number of halogens is 1. The van der Waals surface area contributed by atoms with Crippen molar-refractivity contribution in [3.63, 3.8) is 0 Å². The summed E-state index contributed by atoms with van der Waals surface area (Å²) in [5.41, 5.74) is 1.68. The van der Waals surface area contributed by atoms with Gasteiger partial charge in [0.05, 0.1) is 19.3 Å². The summed E-state index contributed by atoms with van der Waals surface area (Å²) in [5, 5.41) is 0. The van der Waals surface area contributed by atoms with Crippen molar-refractivity contribution >= 4 is 11.6 Å². The lowest BCUT2D eigenvalue weighted by Gasteiger charge is -2.33. The number of hydrogen-bond donors (Lipinski definition) is 0. The molecule has 24 heavy (non-hydrogen) atoms. The van der Waals surface area contributed by atoms with Crippen LogP contribution >= 0.6 is 0 Å². The van der Waals surface area contributed by atoms with E-state index in [-0.39, 0.29) is 17.8 Å². The first-order valence-corrected chi connectivity index (χ1v) is 8.04. The van der Waals surface area contributed by atoms with Crippen LogP contribution in [0, 0.1) is 5.82 Å². The van der Waals surface area contributed by atoms with Gasteiger partial charge < -0.3 is 9.64 Å². The van der Waals surface area contributed by atoms with Gasteiger partial charge in [-0.15, -0.1) is 0 Å². The third kappa shape index (κ3) is 3.99. The SMILES string of the molecule is CN(C(=O)CN1CCOC(c2cccc(F)c2)C1)c1ccccc1. The van der Waals surface area contributed by atoms with Crippen molar-refractivity contribution in [3.05, 3.63) is 66.0 Å². The van der Waals surface area contributed by atoms with E-state index in [1.165, 1.54) is 12.1 Å². The fourth-order valence-electron chi connectivity index (χ4n) is 2.85. The topological polar surface area (TPSA) is 32.8 Å². The molecule has 1 heterocycles. The molecule has 5 heteroatoms. The lowest BCUT2D eigenvalue weighted by Crippen LogP contribution is -2.44. The third-order valence-corrected chi connectivity index (χ3v) is 4.25. The van der Waals surface area contributed by atoms with E-state index in [1.54, 1.807) is 18.0 Å². The standard InChI is InChI=1S/C19H21FN2O2/c1-21(17-8-3-2-4-9-17)19(23)14-22-10-11-24-18(13-22)15-6-5-7-16(20)12-15/h2-9,12,18H,10-11,13-14H2,1H3. The van der Waals surface area contributed by atoms with E-state index < -0.39 is 0 Å².